The van der Waals surface area contributed by atoms with Crippen LogP contribution in [0.3, 0.4) is 0 Å². The fourth-order valence-corrected chi connectivity index (χ4v) is 7.27. The molecule has 4 aliphatic rings. The summed E-state index contributed by atoms with van der Waals surface area (Å²) in [5.74, 6) is 0.155. The summed E-state index contributed by atoms with van der Waals surface area (Å²) in [7, 11) is 0. The van der Waals surface area contributed by atoms with Crippen molar-refractivity contribution in [3.63, 3.8) is 0 Å². The van der Waals surface area contributed by atoms with E-state index in [4.69, 9.17) is 4.74 Å². The van der Waals surface area contributed by atoms with Gasteiger partial charge in [-0.15, -0.1) is 0 Å². The van der Waals surface area contributed by atoms with Crippen LogP contribution in [0.1, 0.15) is 66.2 Å². The van der Waals surface area contributed by atoms with Gasteiger partial charge in [0, 0.05) is 18.3 Å². The SMILES string of the molecule is CCC12CCC3=CC(=O)C=CC3(C)C1=CCC1(C)C(C(=O)COC(C)=O)CCC21. The molecule has 0 radical (unpaired) electrons. The molecule has 0 aromatic rings. The highest BCUT2D eigenvalue weighted by Gasteiger charge is 2.62. The Balaban J connectivity index is 1.72. The van der Waals surface area contributed by atoms with Crippen molar-refractivity contribution in [1.29, 1.82) is 0 Å². The van der Waals surface area contributed by atoms with Crippen molar-refractivity contribution in [2.45, 2.75) is 66.2 Å². The van der Waals surface area contributed by atoms with E-state index in [1.54, 1.807) is 6.08 Å². The molecule has 2 saturated carbocycles. The highest BCUT2D eigenvalue weighted by molar-refractivity contribution is 6.01. The smallest absolute Gasteiger partial charge is 0.303 e. The van der Waals surface area contributed by atoms with Crippen molar-refractivity contribution in [3.8, 4) is 0 Å². The first-order valence-corrected chi connectivity index (χ1v) is 11.0. The second-order valence-corrected chi connectivity index (χ2v) is 9.87. The lowest BCUT2D eigenvalue weighted by molar-refractivity contribution is -0.148. The minimum Gasteiger partial charge on any atom is -0.458 e. The lowest BCUT2D eigenvalue weighted by Gasteiger charge is -2.59. The topological polar surface area (TPSA) is 60.4 Å². The third-order valence-corrected chi connectivity index (χ3v) is 8.69. The quantitative estimate of drug-likeness (QED) is 0.508. The number of Topliss-reactive ketones (excluding diaryl/α,β-unsaturated/α-hetero) is 1. The lowest BCUT2D eigenvalue weighted by atomic mass is 9.44. The lowest BCUT2D eigenvalue weighted by Crippen LogP contribution is -2.51. The maximum atomic E-state index is 12.9. The Morgan fingerprint density at radius 3 is 2.69 bits per heavy atom. The van der Waals surface area contributed by atoms with Crippen molar-refractivity contribution in [2.75, 3.05) is 6.61 Å². The minimum atomic E-state index is -0.396. The molecule has 5 unspecified atom stereocenters. The van der Waals surface area contributed by atoms with Crippen molar-refractivity contribution in [2.24, 2.45) is 28.1 Å². The first-order chi connectivity index (χ1) is 13.7. The third kappa shape index (κ3) is 2.82. The Labute approximate surface area is 173 Å². The zero-order valence-electron chi connectivity index (χ0n) is 18.0. The van der Waals surface area contributed by atoms with Crippen LogP contribution in [0.4, 0.5) is 0 Å². The Hall–Kier alpha value is -1.97. The molecule has 4 rings (SSSR count). The number of ether oxygens (including phenoxy) is 1. The summed E-state index contributed by atoms with van der Waals surface area (Å²) in [5.41, 5.74) is 2.50. The molecule has 5 atom stereocenters. The maximum absolute atomic E-state index is 12.9. The second-order valence-electron chi connectivity index (χ2n) is 9.87. The van der Waals surface area contributed by atoms with Crippen molar-refractivity contribution >= 4 is 17.5 Å². The Morgan fingerprint density at radius 1 is 1.24 bits per heavy atom. The number of allylic oxidation sites excluding steroid dienone is 6. The number of fused-ring (bicyclic) bond motifs is 5. The molecule has 0 bridgehead atoms. The summed E-state index contributed by atoms with van der Waals surface area (Å²) in [5, 5.41) is 0. The van der Waals surface area contributed by atoms with Crippen molar-refractivity contribution in [3.05, 3.63) is 35.5 Å². The second kappa shape index (κ2) is 6.78. The van der Waals surface area contributed by atoms with Gasteiger partial charge in [0.25, 0.3) is 0 Å². The Bertz CT molecular complexity index is 862. The van der Waals surface area contributed by atoms with Gasteiger partial charge in [-0.05, 0) is 74.3 Å². The monoisotopic (exact) mass is 396 g/mol. The molecule has 0 aromatic carbocycles. The van der Waals surface area contributed by atoms with Gasteiger partial charge in [0.15, 0.2) is 11.6 Å². The molecule has 4 nitrogen and oxygen atoms in total. The molecule has 156 valence electrons. The highest BCUT2D eigenvalue weighted by atomic mass is 16.5. The van der Waals surface area contributed by atoms with E-state index in [-0.39, 0.29) is 40.3 Å². The first kappa shape index (κ1) is 20.3. The summed E-state index contributed by atoms with van der Waals surface area (Å²) in [6.45, 7) is 8.07. The number of rotatable bonds is 4. The molecule has 0 N–H and O–H groups in total. The minimum absolute atomic E-state index is 0.0544. The van der Waals surface area contributed by atoms with Crippen LogP contribution in [0.25, 0.3) is 0 Å². The van der Waals surface area contributed by atoms with Crippen LogP contribution in [-0.4, -0.2) is 24.1 Å². The first-order valence-electron chi connectivity index (χ1n) is 11.0. The van der Waals surface area contributed by atoms with Gasteiger partial charge in [-0.2, -0.15) is 0 Å². The van der Waals surface area contributed by atoms with E-state index in [9.17, 15) is 14.4 Å². The molecule has 0 spiro atoms. The van der Waals surface area contributed by atoms with Gasteiger partial charge in [0.1, 0.15) is 6.61 Å². The number of carbonyl (C=O) groups is 3. The van der Waals surface area contributed by atoms with Crippen LogP contribution in [0.15, 0.2) is 35.5 Å². The number of carbonyl (C=O) groups excluding carboxylic acids is 3. The van der Waals surface area contributed by atoms with Gasteiger partial charge >= 0.3 is 5.97 Å². The molecule has 2 fully saturated rings. The van der Waals surface area contributed by atoms with E-state index in [0.29, 0.717) is 5.92 Å². The van der Waals surface area contributed by atoms with Gasteiger partial charge in [-0.25, -0.2) is 0 Å². The summed E-state index contributed by atoms with van der Waals surface area (Å²) in [6, 6.07) is 0. The van der Waals surface area contributed by atoms with Crippen LogP contribution in [0.2, 0.25) is 0 Å². The predicted molar refractivity (Wildman–Crippen MR) is 111 cm³/mol. The zero-order valence-corrected chi connectivity index (χ0v) is 18.0. The van der Waals surface area contributed by atoms with Crippen LogP contribution < -0.4 is 0 Å². The van der Waals surface area contributed by atoms with Gasteiger partial charge in [0.05, 0.1) is 0 Å². The molecular weight excluding hydrogens is 364 g/mol. The summed E-state index contributed by atoms with van der Waals surface area (Å²) in [4.78, 5) is 36.1. The van der Waals surface area contributed by atoms with Crippen LogP contribution in [-0.2, 0) is 19.1 Å². The van der Waals surface area contributed by atoms with Gasteiger partial charge in [-0.1, -0.05) is 37.1 Å². The molecule has 4 aliphatic carbocycles. The number of hydrogen-bond donors (Lipinski definition) is 0. The summed E-state index contributed by atoms with van der Waals surface area (Å²) >= 11 is 0. The third-order valence-electron chi connectivity index (χ3n) is 8.69. The standard InChI is InChI=1S/C25H32O4/c1-5-25-13-8-17-14-18(27)9-11-23(17,3)22(25)10-12-24(4)19(6-7-21(24)25)20(28)15-29-16(2)26/h9-11,14,19,21H,5-8,12-13,15H2,1-4H3. The van der Waals surface area contributed by atoms with Gasteiger partial charge in [0.2, 0.25) is 0 Å². The largest absolute Gasteiger partial charge is 0.458 e. The van der Waals surface area contributed by atoms with Crippen LogP contribution in [0.5, 0.6) is 0 Å². The van der Waals surface area contributed by atoms with E-state index in [2.05, 4.69) is 32.9 Å². The molecule has 0 heterocycles. The molecule has 0 aromatic heterocycles. The van der Waals surface area contributed by atoms with Crippen LogP contribution >= 0.6 is 0 Å². The molecule has 29 heavy (non-hydrogen) atoms. The number of esters is 1. The Morgan fingerprint density at radius 2 is 2.00 bits per heavy atom. The average Bonchev–Trinajstić information content (AvgIpc) is 3.04. The zero-order chi connectivity index (χ0) is 21.0. The Kier molecular flexibility index (Phi) is 4.75. The fraction of sp³-hybridized carbons (Fsp3) is 0.640. The van der Waals surface area contributed by atoms with Crippen LogP contribution in [0, 0.1) is 28.1 Å². The van der Waals surface area contributed by atoms with E-state index < -0.39 is 5.97 Å². The van der Waals surface area contributed by atoms with E-state index >= 15 is 0 Å². The van der Waals surface area contributed by atoms with E-state index in [0.717, 1.165) is 38.5 Å². The number of hydrogen-bond acceptors (Lipinski definition) is 4. The molecule has 0 amide bonds. The molecule has 0 aliphatic heterocycles. The fourth-order valence-electron chi connectivity index (χ4n) is 7.27. The van der Waals surface area contributed by atoms with Gasteiger partial charge in [-0.3, -0.25) is 14.4 Å². The summed E-state index contributed by atoms with van der Waals surface area (Å²) < 4.78 is 5.04. The average molecular weight is 397 g/mol. The maximum Gasteiger partial charge on any atom is 0.303 e. The predicted octanol–water partition coefficient (Wildman–Crippen LogP) is 4.74. The van der Waals surface area contributed by atoms with E-state index in [1.165, 1.54) is 18.1 Å². The summed E-state index contributed by atoms with van der Waals surface area (Å²) in [6.07, 6.45) is 13.9. The normalized spacial score (nSPS) is 40.3. The molecular formula is C25H32O4. The van der Waals surface area contributed by atoms with Crippen molar-refractivity contribution in [1.82, 2.24) is 0 Å². The van der Waals surface area contributed by atoms with Crippen molar-refractivity contribution < 1.29 is 19.1 Å². The highest BCUT2D eigenvalue weighted by Crippen LogP contribution is 2.70. The number of ketones is 2. The molecule has 4 heteroatoms. The molecule has 0 saturated heterocycles. The van der Waals surface area contributed by atoms with Gasteiger partial charge < -0.3 is 4.74 Å². The van der Waals surface area contributed by atoms with E-state index in [1.807, 2.05) is 6.08 Å².